The van der Waals surface area contributed by atoms with Gasteiger partial charge in [0.1, 0.15) is 11.8 Å². The van der Waals surface area contributed by atoms with Crippen molar-refractivity contribution in [2.75, 3.05) is 7.11 Å². The van der Waals surface area contributed by atoms with Gasteiger partial charge in [-0.1, -0.05) is 36.4 Å². The summed E-state index contributed by atoms with van der Waals surface area (Å²) in [4.78, 5) is 40.9. The molecule has 0 spiro atoms. The summed E-state index contributed by atoms with van der Waals surface area (Å²) in [6.07, 6.45) is -0.0765. The fourth-order valence-electron chi connectivity index (χ4n) is 3.80. The number of nitro benzene ring substituents is 1. The van der Waals surface area contributed by atoms with Gasteiger partial charge in [-0.3, -0.25) is 19.7 Å². The number of carbonyl (C=O) groups excluding carboxylic acids is 2. The smallest absolute Gasteiger partial charge is 0.269 e. The average molecular weight is 444 g/mol. The Labute approximate surface area is 188 Å². The third-order valence-corrected chi connectivity index (χ3v) is 5.36. The molecule has 4 rings (SSSR count). The summed E-state index contributed by atoms with van der Waals surface area (Å²) in [7, 11) is 1.41. The number of fused-ring (bicyclic) bond motifs is 2. The lowest BCUT2D eigenvalue weighted by Crippen LogP contribution is -2.46. The lowest BCUT2D eigenvalue weighted by molar-refractivity contribution is -0.384. The van der Waals surface area contributed by atoms with Crippen LogP contribution in [0.3, 0.4) is 0 Å². The third kappa shape index (κ3) is 4.29. The number of primary amides is 1. The molecule has 4 aromatic rings. The van der Waals surface area contributed by atoms with Gasteiger partial charge in [0.05, 0.1) is 28.6 Å². The number of carbonyl (C=O) groups is 2. The van der Waals surface area contributed by atoms with Gasteiger partial charge in [0.2, 0.25) is 5.91 Å². The summed E-state index contributed by atoms with van der Waals surface area (Å²) in [5, 5.41) is 15.1. The topological polar surface area (TPSA) is 137 Å². The Morgan fingerprint density at radius 2 is 1.67 bits per heavy atom. The number of methoxy groups -OCH3 is 1. The molecular weight excluding hydrogens is 424 g/mol. The highest BCUT2D eigenvalue weighted by atomic mass is 16.6. The maximum absolute atomic E-state index is 13.4. The summed E-state index contributed by atoms with van der Waals surface area (Å²) >= 11 is 0. The Kier molecular flexibility index (Phi) is 5.86. The largest absolute Gasteiger partial charge is 0.496 e. The van der Waals surface area contributed by atoms with Crippen LogP contribution >= 0.6 is 0 Å². The molecule has 166 valence electrons. The van der Waals surface area contributed by atoms with Crippen molar-refractivity contribution in [2.24, 2.45) is 5.73 Å². The van der Waals surface area contributed by atoms with Crippen molar-refractivity contribution in [1.82, 2.24) is 10.3 Å². The van der Waals surface area contributed by atoms with E-state index in [1.165, 1.54) is 25.3 Å². The van der Waals surface area contributed by atoms with E-state index in [2.05, 4.69) is 10.3 Å². The molecule has 9 heteroatoms. The predicted octanol–water partition coefficient (Wildman–Crippen LogP) is 3.13. The molecule has 1 atom stereocenters. The van der Waals surface area contributed by atoms with Crippen LogP contribution in [0.25, 0.3) is 21.8 Å². The van der Waals surface area contributed by atoms with E-state index in [1.54, 1.807) is 36.4 Å². The summed E-state index contributed by atoms with van der Waals surface area (Å²) in [5.74, 6) is -0.932. The van der Waals surface area contributed by atoms with E-state index in [0.717, 1.165) is 0 Å². The van der Waals surface area contributed by atoms with Crippen LogP contribution in [-0.4, -0.2) is 34.9 Å². The number of nitro groups is 1. The maximum atomic E-state index is 13.4. The molecule has 3 aromatic carbocycles. The second-order valence-electron chi connectivity index (χ2n) is 7.41. The van der Waals surface area contributed by atoms with Gasteiger partial charge >= 0.3 is 0 Å². The van der Waals surface area contributed by atoms with Crippen LogP contribution in [0, 0.1) is 10.1 Å². The number of rotatable bonds is 7. The second-order valence-corrected chi connectivity index (χ2v) is 7.41. The highest BCUT2D eigenvalue weighted by Gasteiger charge is 2.25. The molecule has 9 nitrogen and oxygen atoms in total. The van der Waals surface area contributed by atoms with Crippen LogP contribution in [0.2, 0.25) is 0 Å². The normalized spacial score (nSPS) is 11.8. The molecular formula is C24H20N4O5. The van der Waals surface area contributed by atoms with Crippen molar-refractivity contribution in [3.8, 4) is 5.75 Å². The molecule has 0 saturated heterocycles. The van der Waals surface area contributed by atoms with Crippen molar-refractivity contribution >= 4 is 39.3 Å². The predicted molar refractivity (Wildman–Crippen MR) is 123 cm³/mol. The average Bonchev–Trinajstić information content (AvgIpc) is 2.81. The standard InChI is InChI=1S/C24H20N4O5/c1-33-21-11-10-15(28(31)32)12-14(21)13-20(23(25)29)27-24(30)22-16-6-2-4-8-18(16)26-19-9-5-3-7-17(19)22/h2-12,20H,13H2,1H3,(H2,25,29)(H,27,30)/t20-/m1/s1. The molecule has 33 heavy (non-hydrogen) atoms. The first kappa shape index (κ1) is 21.7. The number of hydrogen-bond donors (Lipinski definition) is 2. The van der Waals surface area contributed by atoms with Crippen molar-refractivity contribution in [3.63, 3.8) is 0 Å². The molecule has 0 fully saturated rings. The Balaban J connectivity index is 1.74. The van der Waals surface area contributed by atoms with Crippen molar-refractivity contribution in [1.29, 1.82) is 0 Å². The van der Waals surface area contributed by atoms with E-state index in [4.69, 9.17) is 10.5 Å². The monoisotopic (exact) mass is 444 g/mol. The molecule has 2 amide bonds. The Morgan fingerprint density at radius 1 is 1.06 bits per heavy atom. The van der Waals surface area contributed by atoms with E-state index >= 15 is 0 Å². The van der Waals surface area contributed by atoms with Crippen molar-refractivity contribution in [2.45, 2.75) is 12.5 Å². The molecule has 0 aliphatic rings. The number of nitrogens with zero attached hydrogens (tertiary/aromatic N) is 2. The van der Waals surface area contributed by atoms with E-state index in [1.807, 2.05) is 12.1 Å². The number of non-ortho nitro benzene ring substituents is 1. The number of pyridine rings is 1. The Hall–Kier alpha value is -4.53. The van der Waals surface area contributed by atoms with E-state index in [9.17, 15) is 19.7 Å². The molecule has 1 aromatic heterocycles. The fourth-order valence-corrected chi connectivity index (χ4v) is 3.80. The van der Waals surface area contributed by atoms with Gasteiger partial charge in [-0.15, -0.1) is 0 Å². The van der Waals surface area contributed by atoms with Crippen LogP contribution in [0.15, 0.2) is 66.7 Å². The van der Waals surface area contributed by atoms with Gasteiger partial charge in [-0.25, -0.2) is 4.98 Å². The van der Waals surface area contributed by atoms with E-state index in [-0.39, 0.29) is 12.1 Å². The van der Waals surface area contributed by atoms with Crippen LogP contribution < -0.4 is 15.8 Å². The summed E-state index contributed by atoms with van der Waals surface area (Å²) in [6, 6.07) is 17.3. The minimum Gasteiger partial charge on any atom is -0.496 e. The quantitative estimate of drug-likeness (QED) is 0.255. The second kappa shape index (κ2) is 8.91. The first-order valence-electron chi connectivity index (χ1n) is 10.1. The molecule has 0 saturated carbocycles. The zero-order valence-electron chi connectivity index (χ0n) is 17.6. The van der Waals surface area contributed by atoms with Gasteiger partial charge in [0.25, 0.3) is 11.6 Å². The molecule has 1 heterocycles. The number of nitrogens with one attached hydrogen (secondary N) is 1. The number of amides is 2. The lowest BCUT2D eigenvalue weighted by Gasteiger charge is -2.18. The highest BCUT2D eigenvalue weighted by Crippen LogP contribution is 2.27. The first-order valence-corrected chi connectivity index (χ1v) is 10.1. The number of ether oxygens (including phenoxy) is 1. The number of para-hydroxylation sites is 2. The molecule has 0 bridgehead atoms. The van der Waals surface area contributed by atoms with Crippen LogP contribution in [-0.2, 0) is 11.2 Å². The number of aromatic nitrogens is 1. The molecule has 0 unspecified atom stereocenters. The first-order chi connectivity index (χ1) is 15.9. The number of nitrogens with two attached hydrogens (primary N) is 1. The van der Waals surface area contributed by atoms with Crippen molar-refractivity contribution in [3.05, 3.63) is 88.0 Å². The lowest BCUT2D eigenvalue weighted by atomic mass is 10.00. The molecule has 0 aliphatic carbocycles. The molecule has 0 aliphatic heterocycles. The van der Waals surface area contributed by atoms with Crippen molar-refractivity contribution < 1.29 is 19.2 Å². The van der Waals surface area contributed by atoms with Crippen LogP contribution in [0.1, 0.15) is 15.9 Å². The minimum absolute atomic E-state index is 0.0765. The summed E-state index contributed by atoms with van der Waals surface area (Å²) in [6.45, 7) is 0. The number of benzene rings is 3. The zero-order valence-corrected chi connectivity index (χ0v) is 17.6. The molecule has 0 radical (unpaired) electrons. The van der Waals surface area contributed by atoms with Gasteiger partial charge in [-0.2, -0.15) is 0 Å². The number of hydrogen-bond acceptors (Lipinski definition) is 6. The SMILES string of the molecule is COc1ccc([N+](=O)[O-])cc1C[C@@H](NC(=O)c1c2ccccc2nc2ccccc12)C(N)=O. The van der Waals surface area contributed by atoms with Crippen LogP contribution in [0.5, 0.6) is 5.75 Å². The Bertz CT molecular complexity index is 1350. The minimum atomic E-state index is -1.13. The third-order valence-electron chi connectivity index (χ3n) is 5.36. The van der Waals surface area contributed by atoms with E-state index in [0.29, 0.717) is 38.7 Å². The zero-order chi connectivity index (χ0) is 23.5. The Morgan fingerprint density at radius 3 is 2.21 bits per heavy atom. The maximum Gasteiger partial charge on any atom is 0.269 e. The van der Waals surface area contributed by atoms with Gasteiger partial charge in [0.15, 0.2) is 0 Å². The van der Waals surface area contributed by atoms with Gasteiger partial charge in [-0.05, 0) is 18.2 Å². The highest BCUT2D eigenvalue weighted by molar-refractivity contribution is 6.16. The summed E-state index contributed by atoms with van der Waals surface area (Å²) in [5.41, 5.74) is 7.44. The fraction of sp³-hybridized carbons (Fsp3) is 0.125. The van der Waals surface area contributed by atoms with Gasteiger partial charge < -0.3 is 15.8 Å². The van der Waals surface area contributed by atoms with E-state index < -0.39 is 22.8 Å². The van der Waals surface area contributed by atoms with Crippen LogP contribution in [0.4, 0.5) is 5.69 Å². The molecule has 3 N–H and O–H groups in total. The van der Waals surface area contributed by atoms with Gasteiger partial charge in [0, 0.05) is 34.9 Å². The summed E-state index contributed by atoms with van der Waals surface area (Å²) < 4.78 is 5.27.